The third-order valence-electron chi connectivity index (χ3n) is 3.42. The van der Waals surface area contributed by atoms with E-state index in [4.69, 9.17) is 5.11 Å². The summed E-state index contributed by atoms with van der Waals surface area (Å²) in [6.45, 7) is 2.23. The second kappa shape index (κ2) is 7.08. The molecule has 0 bridgehead atoms. The number of phenolic OH excluding ortho intramolecular Hbond substituents is 1. The van der Waals surface area contributed by atoms with Crippen LogP contribution in [0.5, 0.6) is 5.75 Å². The van der Waals surface area contributed by atoms with Crippen LogP contribution >= 0.6 is 22.6 Å². The van der Waals surface area contributed by atoms with Crippen molar-refractivity contribution >= 4 is 34.5 Å². The summed E-state index contributed by atoms with van der Waals surface area (Å²) >= 11 is 2.10. The Balaban J connectivity index is 2.06. The molecule has 2 N–H and O–H groups in total. The van der Waals surface area contributed by atoms with E-state index in [-0.39, 0.29) is 18.2 Å². The van der Waals surface area contributed by atoms with Crippen molar-refractivity contribution in [2.45, 2.75) is 6.42 Å². The minimum atomic E-state index is -0.856. The van der Waals surface area contributed by atoms with E-state index in [1.165, 1.54) is 6.07 Å². The Morgan fingerprint density at radius 1 is 1.19 bits per heavy atom. The Hall–Kier alpha value is -1.35. The molecule has 1 aromatic carbocycles. The summed E-state index contributed by atoms with van der Waals surface area (Å²) in [5.41, 5.74) is 0.300. The number of rotatable bonds is 3. The summed E-state index contributed by atoms with van der Waals surface area (Å²) in [5.74, 6) is -1.08. The third-order valence-corrected chi connectivity index (χ3v) is 4.09. The summed E-state index contributed by atoms with van der Waals surface area (Å²) < 4.78 is 0.885. The molecule has 21 heavy (non-hydrogen) atoms. The van der Waals surface area contributed by atoms with Crippen LogP contribution in [0.3, 0.4) is 0 Å². The molecule has 0 spiro atoms. The largest absolute Gasteiger partial charge is 0.507 e. The molecule has 1 aliphatic rings. The summed E-state index contributed by atoms with van der Waals surface area (Å²) in [6, 6.07) is 4.92. The number of benzene rings is 1. The molecular weight excluding hydrogens is 387 g/mol. The van der Waals surface area contributed by atoms with Gasteiger partial charge in [-0.1, -0.05) is 0 Å². The number of nitrogens with zero attached hydrogens (tertiary/aromatic N) is 2. The first kappa shape index (κ1) is 16.0. The molecule has 1 heterocycles. The number of halogens is 1. The lowest BCUT2D eigenvalue weighted by Crippen LogP contribution is -2.36. The average Bonchev–Trinajstić information content (AvgIpc) is 2.66. The molecule has 0 atom stereocenters. The van der Waals surface area contributed by atoms with Gasteiger partial charge >= 0.3 is 5.97 Å². The maximum Gasteiger partial charge on any atom is 0.317 e. The molecule has 1 fully saturated rings. The van der Waals surface area contributed by atoms with E-state index in [9.17, 15) is 14.7 Å². The quantitative estimate of drug-likeness (QED) is 0.741. The third kappa shape index (κ3) is 4.31. The van der Waals surface area contributed by atoms with Crippen LogP contribution in [0, 0.1) is 3.57 Å². The standard InChI is InChI=1S/C14H17IN2O4/c15-10-2-3-12(18)11(8-10)14(21)17-5-1-4-16(6-7-17)9-13(19)20/h2-3,8,18H,1,4-7,9H2,(H,19,20). The van der Waals surface area contributed by atoms with Crippen molar-refractivity contribution in [3.8, 4) is 5.75 Å². The maximum atomic E-state index is 12.5. The van der Waals surface area contributed by atoms with E-state index in [1.807, 2.05) is 4.90 Å². The number of hydrogen-bond acceptors (Lipinski definition) is 4. The Morgan fingerprint density at radius 2 is 1.95 bits per heavy atom. The Labute approximate surface area is 136 Å². The lowest BCUT2D eigenvalue weighted by atomic mass is 10.1. The number of carbonyl (C=O) groups is 2. The van der Waals surface area contributed by atoms with Crippen molar-refractivity contribution in [2.75, 3.05) is 32.7 Å². The minimum absolute atomic E-state index is 0.00346. The van der Waals surface area contributed by atoms with Crippen molar-refractivity contribution in [3.63, 3.8) is 0 Å². The van der Waals surface area contributed by atoms with Crippen molar-refractivity contribution in [1.29, 1.82) is 0 Å². The Bertz CT molecular complexity index is 550. The first-order valence-electron chi connectivity index (χ1n) is 6.69. The summed E-state index contributed by atoms with van der Waals surface area (Å²) in [6.07, 6.45) is 0.726. The van der Waals surface area contributed by atoms with Crippen molar-refractivity contribution < 1.29 is 19.8 Å². The zero-order valence-electron chi connectivity index (χ0n) is 11.5. The molecule has 1 aliphatic heterocycles. The molecule has 0 saturated carbocycles. The van der Waals surface area contributed by atoms with E-state index in [1.54, 1.807) is 17.0 Å². The molecule has 7 heteroatoms. The molecule has 0 radical (unpaired) electrons. The van der Waals surface area contributed by atoms with Gasteiger partial charge in [-0.2, -0.15) is 0 Å². The normalized spacial score (nSPS) is 16.5. The molecule has 0 aliphatic carbocycles. The van der Waals surface area contributed by atoms with Gasteiger partial charge in [-0.25, -0.2) is 0 Å². The number of carboxylic acids is 1. The number of phenols is 1. The van der Waals surface area contributed by atoms with Gasteiger partial charge in [0, 0.05) is 29.7 Å². The van der Waals surface area contributed by atoms with E-state index in [0.717, 1.165) is 9.99 Å². The second-order valence-corrected chi connectivity index (χ2v) is 6.22. The summed E-state index contributed by atoms with van der Waals surface area (Å²) in [4.78, 5) is 26.7. The number of hydrogen-bond donors (Lipinski definition) is 2. The maximum absolute atomic E-state index is 12.5. The van der Waals surface area contributed by atoms with Gasteiger partial charge in [0.05, 0.1) is 12.1 Å². The van der Waals surface area contributed by atoms with E-state index in [2.05, 4.69) is 22.6 Å². The van der Waals surface area contributed by atoms with Crippen LogP contribution in [0.15, 0.2) is 18.2 Å². The molecule has 1 saturated heterocycles. The number of aliphatic carboxylic acids is 1. The lowest BCUT2D eigenvalue weighted by molar-refractivity contribution is -0.138. The summed E-state index contributed by atoms with van der Waals surface area (Å²) in [5, 5.41) is 18.7. The molecular formula is C14H17IN2O4. The van der Waals surface area contributed by atoms with Crippen LogP contribution in [0.1, 0.15) is 16.8 Å². The molecule has 114 valence electrons. The van der Waals surface area contributed by atoms with E-state index >= 15 is 0 Å². The van der Waals surface area contributed by atoms with Gasteiger partial charge in [0.15, 0.2) is 0 Å². The Kier molecular flexibility index (Phi) is 5.40. The van der Waals surface area contributed by atoms with Gasteiger partial charge < -0.3 is 15.1 Å². The highest BCUT2D eigenvalue weighted by atomic mass is 127. The fraction of sp³-hybridized carbons (Fsp3) is 0.429. The van der Waals surface area contributed by atoms with Gasteiger partial charge in [0.1, 0.15) is 5.75 Å². The summed E-state index contributed by atoms with van der Waals surface area (Å²) in [7, 11) is 0. The highest BCUT2D eigenvalue weighted by Crippen LogP contribution is 2.22. The van der Waals surface area contributed by atoms with Crippen LogP contribution in [-0.2, 0) is 4.79 Å². The van der Waals surface area contributed by atoms with Crippen molar-refractivity contribution in [2.24, 2.45) is 0 Å². The molecule has 1 aromatic rings. The molecule has 2 rings (SSSR count). The predicted octanol–water partition coefficient (Wildman–Crippen LogP) is 1.23. The van der Waals surface area contributed by atoms with Crippen LogP contribution < -0.4 is 0 Å². The minimum Gasteiger partial charge on any atom is -0.507 e. The van der Waals surface area contributed by atoms with Gasteiger partial charge in [-0.15, -0.1) is 0 Å². The van der Waals surface area contributed by atoms with Gasteiger partial charge in [-0.05, 0) is 47.2 Å². The van der Waals surface area contributed by atoms with Crippen LogP contribution in [0.25, 0.3) is 0 Å². The Morgan fingerprint density at radius 3 is 2.67 bits per heavy atom. The molecule has 0 unspecified atom stereocenters. The smallest absolute Gasteiger partial charge is 0.317 e. The fourth-order valence-electron chi connectivity index (χ4n) is 2.37. The molecule has 1 amide bonds. The van der Waals surface area contributed by atoms with Crippen molar-refractivity contribution in [3.05, 3.63) is 27.3 Å². The number of aromatic hydroxyl groups is 1. The van der Waals surface area contributed by atoms with Crippen LogP contribution in [0.4, 0.5) is 0 Å². The molecule has 6 nitrogen and oxygen atoms in total. The van der Waals surface area contributed by atoms with E-state index < -0.39 is 5.97 Å². The number of carboxylic acid groups (broad SMARTS) is 1. The van der Waals surface area contributed by atoms with E-state index in [0.29, 0.717) is 31.7 Å². The van der Waals surface area contributed by atoms with Gasteiger partial charge in [0.25, 0.3) is 5.91 Å². The van der Waals surface area contributed by atoms with Crippen LogP contribution in [-0.4, -0.2) is 64.6 Å². The first-order valence-corrected chi connectivity index (χ1v) is 7.77. The highest BCUT2D eigenvalue weighted by molar-refractivity contribution is 14.1. The monoisotopic (exact) mass is 404 g/mol. The first-order chi connectivity index (χ1) is 9.97. The zero-order chi connectivity index (χ0) is 15.4. The molecule has 0 aromatic heterocycles. The predicted molar refractivity (Wildman–Crippen MR) is 85.4 cm³/mol. The SMILES string of the molecule is O=C(O)CN1CCCN(C(=O)c2cc(I)ccc2O)CC1. The topological polar surface area (TPSA) is 81.1 Å². The average molecular weight is 404 g/mol. The zero-order valence-corrected chi connectivity index (χ0v) is 13.6. The second-order valence-electron chi connectivity index (χ2n) is 4.98. The number of carbonyl (C=O) groups excluding carboxylic acids is 1. The van der Waals surface area contributed by atoms with Gasteiger partial charge in [0.2, 0.25) is 0 Å². The number of amides is 1. The lowest BCUT2D eigenvalue weighted by Gasteiger charge is -2.21. The van der Waals surface area contributed by atoms with Gasteiger partial charge in [-0.3, -0.25) is 14.5 Å². The van der Waals surface area contributed by atoms with Crippen LogP contribution in [0.2, 0.25) is 0 Å². The van der Waals surface area contributed by atoms with Crippen molar-refractivity contribution in [1.82, 2.24) is 9.80 Å². The highest BCUT2D eigenvalue weighted by Gasteiger charge is 2.23. The fourth-order valence-corrected chi connectivity index (χ4v) is 2.86.